The number of hydrogen-bond acceptors (Lipinski definition) is 9. The molecule has 14 heteroatoms. The van der Waals surface area contributed by atoms with Gasteiger partial charge in [-0.25, -0.2) is 14.2 Å². The van der Waals surface area contributed by atoms with E-state index in [1.807, 2.05) is 6.07 Å². The molecular formula is C21H20FN11O2. The molecule has 0 aliphatic heterocycles. The van der Waals surface area contributed by atoms with E-state index in [4.69, 9.17) is 5.11 Å². The smallest absolute Gasteiger partial charge is 0.404 e. The standard InChI is InChI=1S/C21H20FN11O2/c1-13-18(33-27-4-5-28-33)8-15(10-24-13)29-19-14(9-23)7-17(22)20(31-19)30-16(11-25-21(34)35)12-32-6-2-3-26-32/h2-8,10,16,25H,11-12H2,1H3,(H,34,35)(H2,29,30,31). The topological polar surface area (TPSA) is 171 Å². The van der Waals surface area contributed by atoms with E-state index in [1.165, 1.54) is 17.2 Å². The number of aromatic nitrogens is 7. The molecule has 4 N–H and O–H groups in total. The van der Waals surface area contributed by atoms with Gasteiger partial charge in [0, 0.05) is 18.9 Å². The molecule has 0 aliphatic carbocycles. The summed E-state index contributed by atoms with van der Waals surface area (Å²) in [5, 5.41) is 39.0. The zero-order valence-electron chi connectivity index (χ0n) is 18.4. The summed E-state index contributed by atoms with van der Waals surface area (Å²) in [5.74, 6) is -0.841. The molecule has 13 nitrogen and oxygen atoms in total. The predicted octanol–water partition coefficient (Wildman–Crippen LogP) is 2.06. The van der Waals surface area contributed by atoms with E-state index in [9.17, 15) is 14.4 Å². The van der Waals surface area contributed by atoms with Gasteiger partial charge in [-0.15, -0.1) is 4.80 Å². The number of amides is 1. The fourth-order valence-electron chi connectivity index (χ4n) is 3.24. The number of hydrogen-bond donors (Lipinski definition) is 4. The number of anilines is 3. The number of aryl methyl sites for hydroxylation is 1. The number of carboxylic acid groups (broad SMARTS) is 1. The van der Waals surface area contributed by atoms with Crippen LogP contribution in [0.2, 0.25) is 0 Å². The quantitative estimate of drug-likeness (QED) is 0.280. The Morgan fingerprint density at radius 2 is 2.03 bits per heavy atom. The number of nitrogens with one attached hydrogen (secondary N) is 3. The summed E-state index contributed by atoms with van der Waals surface area (Å²) >= 11 is 0. The third-order valence-corrected chi connectivity index (χ3v) is 4.86. The van der Waals surface area contributed by atoms with Gasteiger partial charge < -0.3 is 21.1 Å². The number of nitrogens with zero attached hydrogens (tertiary/aromatic N) is 8. The van der Waals surface area contributed by atoms with Crippen molar-refractivity contribution in [1.82, 2.24) is 40.1 Å². The summed E-state index contributed by atoms with van der Waals surface area (Å²) in [5.41, 5.74) is 1.73. The van der Waals surface area contributed by atoms with Crippen LogP contribution < -0.4 is 16.0 Å². The molecule has 1 atom stereocenters. The second-order valence-electron chi connectivity index (χ2n) is 7.35. The Morgan fingerprint density at radius 3 is 2.71 bits per heavy atom. The highest BCUT2D eigenvalue weighted by Crippen LogP contribution is 2.25. The maximum atomic E-state index is 14.8. The summed E-state index contributed by atoms with van der Waals surface area (Å²) in [7, 11) is 0. The minimum absolute atomic E-state index is 0.0281. The molecule has 0 fully saturated rings. The summed E-state index contributed by atoms with van der Waals surface area (Å²) < 4.78 is 16.4. The van der Waals surface area contributed by atoms with Crippen molar-refractivity contribution in [2.45, 2.75) is 19.5 Å². The lowest BCUT2D eigenvalue weighted by Gasteiger charge is -2.20. The largest absolute Gasteiger partial charge is 0.465 e. The van der Waals surface area contributed by atoms with E-state index in [2.05, 4.69) is 41.2 Å². The Balaban J connectivity index is 1.61. The van der Waals surface area contributed by atoms with Crippen LogP contribution >= 0.6 is 0 Å². The van der Waals surface area contributed by atoms with Crippen LogP contribution in [0.3, 0.4) is 0 Å². The second kappa shape index (κ2) is 10.3. The highest BCUT2D eigenvalue weighted by atomic mass is 19.1. The first-order valence-corrected chi connectivity index (χ1v) is 10.3. The second-order valence-corrected chi connectivity index (χ2v) is 7.35. The molecule has 4 heterocycles. The van der Waals surface area contributed by atoms with Crippen molar-refractivity contribution in [1.29, 1.82) is 5.26 Å². The first-order chi connectivity index (χ1) is 16.9. The van der Waals surface area contributed by atoms with Crippen LogP contribution in [0.4, 0.5) is 26.5 Å². The van der Waals surface area contributed by atoms with Crippen LogP contribution in [0.5, 0.6) is 0 Å². The third-order valence-electron chi connectivity index (χ3n) is 4.86. The number of halogens is 1. The first-order valence-electron chi connectivity index (χ1n) is 10.3. The van der Waals surface area contributed by atoms with Crippen molar-refractivity contribution >= 4 is 23.4 Å². The van der Waals surface area contributed by atoms with Gasteiger partial charge in [0.15, 0.2) is 17.5 Å². The van der Waals surface area contributed by atoms with Gasteiger partial charge in [-0.05, 0) is 25.1 Å². The van der Waals surface area contributed by atoms with E-state index in [0.717, 1.165) is 6.07 Å². The summed E-state index contributed by atoms with van der Waals surface area (Å²) in [6.07, 6.45) is 6.66. The highest BCUT2D eigenvalue weighted by molar-refractivity contribution is 5.67. The molecule has 0 aliphatic rings. The van der Waals surface area contributed by atoms with Crippen molar-refractivity contribution < 1.29 is 14.3 Å². The van der Waals surface area contributed by atoms with Crippen LogP contribution in [0.25, 0.3) is 5.69 Å². The van der Waals surface area contributed by atoms with Crippen LogP contribution in [0, 0.1) is 24.1 Å². The molecule has 1 amide bonds. The van der Waals surface area contributed by atoms with Gasteiger partial charge in [0.2, 0.25) is 0 Å². The van der Waals surface area contributed by atoms with Crippen LogP contribution in [0.1, 0.15) is 11.3 Å². The fourth-order valence-corrected chi connectivity index (χ4v) is 3.24. The lowest BCUT2D eigenvalue weighted by atomic mass is 10.2. The van der Waals surface area contributed by atoms with Gasteiger partial charge in [-0.2, -0.15) is 20.6 Å². The Hall–Kier alpha value is -5.06. The molecule has 0 radical (unpaired) electrons. The molecular weight excluding hydrogens is 457 g/mol. The number of rotatable bonds is 9. The van der Waals surface area contributed by atoms with Gasteiger partial charge in [0.1, 0.15) is 11.8 Å². The van der Waals surface area contributed by atoms with Crippen molar-refractivity contribution in [2.24, 2.45) is 0 Å². The first kappa shape index (κ1) is 23.1. The van der Waals surface area contributed by atoms with Gasteiger partial charge >= 0.3 is 6.09 Å². The molecule has 0 aromatic carbocycles. The van der Waals surface area contributed by atoms with E-state index in [1.54, 1.807) is 42.3 Å². The minimum Gasteiger partial charge on any atom is -0.465 e. The van der Waals surface area contributed by atoms with Crippen molar-refractivity contribution in [2.75, 3.05) is 17.2 Å². The number of nitriles is 1. The molecule has 4 rings (SSSR count). The Bertz CT molecular complexity index is 1350. The zero-order valence-corrected chi connectivity index (χ0v) is 18.4. The molecule has 4 aromatic rings. The van der Waals surface area contributed by atoms with E-state index in [-0.39, 0.29) is 30.3 Å². The maximum Gasteiger partial charge on any atom is 0.404 e. The van der Waals surface area contributed by atoms with Crippen molar-refractivity contribution in [3.05, 3.63) is 66.3 Å². The van der Waals surface area contributed by atoms with Crippen molar-refractivity contribution in [3.63, 3.8) is 0 Å². The highest BCUT2D eigenvalue weighted by Gasteiger charge is 2.18. The Labute approximate surface area is 198 Å². The summed E-state index contributed by atoms with van der Waals surface area (Å²) in [4.78, 5) is 21.0. The average Bonchev–Trinajstić information content (AvgIpc) is 3.55. The molecule has 35 heavy (non-hydrogen) atoms. The molecule has 0 spiro atoms. The molecule has 0 bridgehead atoms. The normalized spacial score (nSPS) is 11.5. The fraction of sp³-hybridized carbons (Fsp3) is 0.190. The molecule has 4 aromatic heterocycles. The SMILES string of the molecule is Cc1ncc(Nc2nc(NC(CNC(=O)O)Cn3cccn3)c(F)cc2C#N)cc1-n1nccn1. The number of pyridine rings is 2. The predicted molar refractivity (Wildman–Crippen MR) is 122 cm³/mol. The molecule has 1 unspecified atom stereocenters. The van der Waals surface area contributed by atoms with E-state index in [0.29, 0.717) is 17.1 Å². The van der Waals surface area contributed by atoms with Crippen LogP contribution in [-0.4, -0.2) is 58.5 Å². The van der Waals surface area contributed by atoms with Gasteiger partial charge in [-0.1, -0.05) is 0 Å². The van der Waals surface area contributed by atoms with E-state index >= 15 is 0 Å². The van der Waals surface area contributed by atoms with E-state index < -0.39 is 18.0 Å². The number of carbonyl (C=O) groups is 1. The van der Waals surface area contributed by atoms with Crippen LogP contribution in [0.15, 0.2) is 49.2 Å². The van der Waals surface area contributed by atoms with Gasteiger partial charge in [0.05, 0.1) is 48.1 Å². The molecule has 178 valence electrons. The monoisotopic (exact) mass is 477 g/mol. The van der Waals surface area contributed by atoms with Crippen molar-refractivity contribution in [3.8, 4) is 11.8 Å². The van der Waals surface area contributed by atoms with Crippen LogP contribution in [-0.2, 0) is 6.54 Å². The zero-order chi connectivity index (χ0) is 24.8. The summed E-state index contributed by atoms with van der Waals surface area (Å²) in [6, 6.07) is 5.81. The summed E-state index contributed by atoms with van der Waals surface area (Å²) in [6.45, 7) is 1.99. The minimum atomic E-state index is -1.22. The maximum absolute atomic E-state index is 14.8. The van der Waals surface area contributed by atoms with Gasteiger partial charge in [0.25, 0.3) is 0 Å². The Morgan fingerprint density at radius 1 is 1.23 bits per heavy atom. The third kappa shape index (κ3) is 5.66. The lowest BCUT2D eigenvalue weighted by Crippen LogP contribution is -2.39. The Kier molecular flexibility index (Phi) is 6.77. The molecule has 0 saturated heterocycles. The molecule has 0 saturated carbocycles. The lowest BCUT2D eigenvalue weighted by molar-refractivity contribution is 0.193. The average molecular weight is 477 g/mol. The van der Waals surface area contributed by atoms with Gasteiger partial charge in [-0.3, -0.25) is 9.67 Å².